The van der Waals surface area contributed by atoms with Gasteiger partial charge in [0.2, 0.25) is 0 Å². The maximum absolute atomic E-state index is 12.3. The molecular weight excluding hydrogens is 271 g/mol. The van der Waals surface area contributed by atoms with E-state index in [2.05, 4.69) is 10.3 Å². The van der Waals surface area contributed by atoms with E-state index in [1.165, 1.54) is 12.1 Å². The summed E-state index contributed by atoms with van der Waals surface area (Å²) in [5.74, 6) is -0.710. The molecule has 0 heterocycles. The molecule has 0 saturated heterocycles. The lowest BCUT2D eigenvalue weighted by Crippen LogP contribution is -2.23. The molecule has 18 heavy (non-hydrogen) atoms. The fourth-order valence-corrected chi connectivity index (χ4v) is 1.30. The molecule has 0 fully saturated rings. The van der Waals surface area contributed by atoms with E-state index in [0.717, 1.165) is 12.1 Å². The van der Waals surface area contributed by atoms with E-state index in [0.29, 0.717) is 0 Å². The quantitative estimate of drug-likeness (QED) is 0.495. The van der Waals surface area contributed by atoms with Crippen LogP contribution in [0.1, 0.15) is 5.56 Å². The molecule has 1 rings (SSSR count). The van der Waals surface area contributed by atoms with Crippen LogP contribution in [-0.4, -0.2) is 20.6 Å². The van der Waals surface area contributed by atoms with Crippen molar-refractivity contribution in [3.8, 4) is 0 Å². The van der Waals surface area contributed by atoms with E-state index in [9.17, 15) is 21.9 Å². The summed E-state index contributed by atoms with van der Waals surface area (Å²) in [7, 11) is 0. The van der Waals surface area contributed by atoms with Crippen LogP contribution < -0.4 is 11.1 Å². The maximum atomic E-state index is 12.3. The zero-order valence-corrected chi connectivity index (χ0v) is 9.72. The number of benzene rings is 1. The largest absolute Gasteiger partial charge is 0.771 e. The zero-order chi connectivity index (χ0) is 13.8. The number of anilines is 1. The molecule has 0 aromatic heterocycles. The van der Waals surface area contributed by atoms with Crippen LogP contribution in [0.25, 0.3) is 0 Å². The zero-order valence-electron chi connectivity index (χ0n) is 8.90. The fraction of sp³-hybridized carbons (Fsp3) is 0.222. The van der Waals surface area contributed by atoms with Crippen molar-refractivity contribution < 1.29 is 21.9 Å². The second-order valence-corrected chi connectivity index (χ2v) is 4.04. The van der Waals surface area contributed by atoms with Crippen molar-refractivity contribution in [2.75, 3.05) is 11.2 Å². The predicted molar refractivity (Wildman–Crippen MR) is 60.5 cm³/mol. The summed E-state index contributed by atoms with van der Waals surface area (Å²) >= 11 is -2.37. The van der Waals surface area contributed by atoms with E-state index in [4.69, 9.17) is 5.73 Å². The van der Waals surface area contributed by atoms with Crippen LogP contribution in [0.4, 0.5) is 18.9 Å². The van der Waals surface area contributed by atoms with Crippen LogP contribution in [-0.2, 0) is 17.3 Å². The SMILES string of the molecule is NC(=NCS(=O)[O-])Nc1ccc(C(F)(F)F)cc1. The van der Waals surface area contributed by atoms with Gasteiger partial charge in [0.15, 0.2) is 5.96 Å². The van der Waals surface area contributed by atoms with Crippen molar-refractivity contribution in [3.63, 3.8) is 0 Å². The summed E-state index contributed by atoms with van der Waals surface area (Å²) in [6.45, 7) is 0. The normalized spacial score (nSPS) is 14.3. The first-order valence-electron chi connectivity index (χ1n) is 4.59. The molecule has 0 radical (unpaired) electrons. The summed E-state index contributed by atoms with van der Waals surface area (Å²) in [5, 5.41) is 2.46. The minimum atomic E-state index is -4.41. The van der Waals surface area contributed by atoms with Gasteiger partial charge in [-0.1, -0.05) is 0 Å². The highest BCUT2D eigenvalue weighted by Crippen LogP contribution is 2.29. The van der Waals surface area contributed by atoms with E-state index >= 15 is 0 Å². The van der Waals surface area contributed by atoms with Crippen LogP contribution in [0, 0.1) is 0 Å². The Morgan fingerprint density at radius 3 is 2.39 bits per heavy atom. The lowest BCUT2D eigenvalue weighted by molar-refractivity contribution is -0.137. The Kier molecular flexibility index (Phi) is 4.68. The van der Waals surface area contributed by atoms with Crippen LogP contribution in [0.5, 0.6) is 0 Å². The van der Waals surface area contributed by atoms with Gasteiger partial charge in [-0.25, -0.2) is 4.99 Å². The highest BCUT2D eigenvalue weighted by molar-refractivity contribution is 7.79. The van der Waals surface area contributed by atoms with Gasteiger partial charge in [-0.2, -0.15) is 13.2 Å². The molecule has 0 spiro atoms. The molecule has 0 bridgehead atoms. The highest BCUT2D eigenvalue weighted by atomic mass is 32.2. The molecule has 0 aliphatic carbocycles. The molecule has 100 valence electrons. The maximum Gasteiger partial charge on any atom is 0.416 e. The third kappa shape index (κ3) is 4.72. The number of rotatable bonds is 3. The van der Waals surface area contributed by atoms with E-state index in [-0.39, 0.29) is 11.6 Å². The van der Waals surface area contributed by atoms with Crippen molar-refractivity contribution in [3.05, 3.63) is 29.8 Å². The van der Waals surface area contributed by atoms with Gasteiger partial charge in [-0.05, 0) is 35.3 Å². The Morgan fingerprint density at radius 2 is 1.94 bits per heavy atom. The van der Waals surface area contributed by atoms with Crippen LogP contribution in [0.3, 0.4) is 0 Å². The lowest BCUT2D eigenvalue weighted by atomic mass is 10.2. The number of hydrogen-bond donors (Lipinski definition) is 2. The average Bonchev–Trinajstić information content (AvgIpc) is 2.26. The molecule has 5 nitrogen and oxygen atoms in total. The summed E-state index contributed by atoms with van der Waals surface area (Å²) in [4.78, 5) is 3.44. The fourth-order valence-electron chi connectivity index (χ4n) is 1.05. The first-order valence-corrected chi connectivity index (χ1v) is 5.83. The van der Waals surface area contributed by atoms with Crippen LogP contribution in [0.15, 0.2) is 29.3 Å². The van der Waals surface area contributed by atoms with Crippen molar-refractivity contribution >= 4 is 22.7 Å². The molecule has 1 aromatic rings. The first kappa shape index (κ1) is 14.5. The molecule has 0 aliphatic heterocycles. The van der Waals surface area contributed by atoms with Gasteiger partial charge in [0.1, 0.15) is 5.88 Å². The van der Waals surface area contributed by atoms with Gasteiger partial charge < -0.3 is 15.6 Å². The molecular formula is C9H9F3N3O2S-. The minimum absolute atomic E-state index is 0.195. The van der Waals surface area contributed by atoms with Gasteiger partial charge in [0.05, 0.1) is 5.56 Å². The third-order valence-electron chi connectivity index (χ3n) is 1.82. The Labute approximate surface area is 103 Å². The van der Waals surface area contributed by atoms with Crippen molar-refractivity contribution in [1.82, 2.24) is 0 Å². The Morgan fingerprint density at radius 1 is 1.39 bits per heavy atom. The molecule has 1 atom stereocenters. The molecule has 1 aromatic carbocycles. The Bertz CT molecular complexity index is 459. The lowest BCUT2D eigenvalue weighted by Gasteiger charge is -2.09. The molecule has 0 aliphatic rings. The molecule has 9 heteroatoms. The van der Waals surface area contributed by atoms with Crippen LogP contribution in [0.2, 0.25) is 0 Å². The average molecular weight is 280 g/mol. The number of nitrogens with two attached hydrogens (primary N) is 1. The standard InChI is InChI=1S/C9H10F3N3O2S/c10-9(11,12)6-1-3-7(4-2-6)15-8(13)14-5-18(16)17/h1-4H,5H2,(H,16,17)(H3,13,14,15)/p-1. The molecule has 0 saturated carbocycles. The van der Waals surface area contributed by atoms with Gasteiger partial charge in [-0.15, -0.1) is 0 Å². The molecule has 3 N–H and O–H groups in total. The number of alkyl halides is 3. The van der Waals surface area contributed by atoms with Crippen molar-refractivity contribution in [1.29, 1.82) is 0 Å². The number of aliphatic imine (C=N–C) groups is 1. The summed E-state index contributed by atoms with van der Waals surface area (Å²) in [6, 6.07) is 4.08. The monoisotopic (exact) mass is 280 g/mol. The summed E-state index contributed by atoms with van der Waals surface area (Å²) in [5.41, 5.74) is 4.81. The smallest absolute Gasteiger partial charge is 0.416 e. The highest BCUT2D eigenvalue weighted by Gasteiger charge is 2.29. The summed E-state index contributed by atoms with van der Waals surface area (Å²) < 4.78 is 57.2. The number of nitrogens with one attached hydrogen (secondary N) is 1. The number of hydrogen-bond acceptors (Lipinski definition) is 3. The summed E-state index contributed by atoms with van der Waals surface area (Å²) in [6.07, 6.45) is -4.41. The second-order valence-electron chi connectivity index (χ2n) is 3.18. The topological polar surface area (TPSA) is 90.5 Å². The number of halogens is 3. The van der Waals surface area contributed by atoms with E-state index < -0.39 is 28.7 Å². The van der Waals surface area contributed by atoms with Crippen LogP contribution >= 0.6 is 0 Å². The first-order chi connectivity index (χ1) is 8.29. The van der Waals surface area contributed by atoms with E-state index in [1.807, 2.05) is 0 Å². The van der Waals surface area contributed by atoms with Crippen molar-refractivity contribution in [2.45, 2.75) is 6.18 Å². The van der Waals surface area contributed by atoms with Gasteiger partial charge in [0, 0.05) is 5.69 Å². The van der Waals surface area contributed by atoms with Crippen molar-refractivity contribution in [2.24, 2.45) is 10.7 Å². The number of nitrogens with zero attached hydrogens (tertiary/aromatic N) is 1. The molecule has 1 unspecified atom stereocenters. The number of guanidine groups is 1. The second kappa shape index (κ2) is 5.83. The Balaban J connectivity index is 2.70. The predicted octanol–water partition coefficient (Wildman–Crippen LogP) is 1.27. The minimum Gasteiger partial charge on any atom is -0.771 e. The third-order valence-corrected chi connectivity index (χ3v) is 2.16. The van der Waals surface area contributed by atoms with E-state index in [1.54, 1.807) is 0 Å². The van der Waals surface area contributed by atoms with Gasteiger partial charge in [0.25, 0.3) is 0 Å². The van der Waals surface area contributed by atoms with Gasteiger partial charge >= 0.3 is 6.18 Å². The Hall–Kier alpha value is -1.61. The van der Waals surface area contributed by atoms with Gasteiger partial charge in [-0.3, -0.25) is 4.21 Å². The molecule has 0 amide bonds.